The lowest BCUT2D eigenvalue weighted by Gasteiger charge is -2.59. The molecular formula is C28H44O4. The number of methoxy groups -OCH3 is 1. The summed E-state index contributed by atoms with van der Waals surface area (Å²) in [5, 5.41) is 0. The number of carbonyl (C=O) groups is 2. The quantitative estimate of drug-likeness (QED) is 0.367. The molecule has 0 aromatic rings. The topological polar surface area (TPSA) is 52.6 Å². The molecule has 0 aromatic carbocycles. The molecule has 4 aliphatic carbocycles. The molecular weight excluding hydrogens is 400 g/mol. The van der Waals surface area contributed by atoms with Crippen LogP contribution in [0.1, 0.15) is 92.4 Å². The Morgan fingerprint density at radius 1 is 1.16 bits per heavy atom. The fraction of sp³-hybridized carbons (Fsp3) is 0.857. The van der Waals surface area contributed by atoms with Crippen molar-refractivity contribution in [3.8, 4) is 0 Å². The summed E-state index contributed by atoms with van der Waals surface area (Å²) in [5.41, 5.74) is 2.33. The van der Waals surface area contributed by atoms with Crippen LogP contribution in [0.2, 0.25) is 0 Å². The number of hydrogen-bond acceptors (Lipinski definition) is 4. The minimum Gasteiger partial charge on any atom is -0.469 e. The average molecular weight is 445 g/mol. The average Bonchev–Trinajstić information content (AvgIpc) is 3.11. The maximum Gasteiger partial charge on any atom is 0.305 e. The van der Waals surface area contributed by atoms with E-state index in [0.29, 0.717) is 41.4 Å². The number of rotatable bonds is 5. The van der Waals surface area contributed by atoms with Gasteiger partial charge in [0.15, 0.2) is 0 Å². The van der Waals surface area contributed by atoms with Crippen LogP contribution in [-0.2, 0) is 19.1 Å². The molecule has 4 unspecified atom stereocenters. The third-order valence-corrected chi connectivity index (χ3v) is 10.7. The fourth-order valence-corrected chi connectivity index (χ4v) is 8.77. The lowest BCUT2D eigenvalue weighted by molar-refractivity contribution is -0.151. The number of ether oxygens (including phenoxy) is 2. The van der Waals surface area contributed by atoms with Crippen LogP contribution in [0.15, 0.2) is 11.6 Å². The first-order chi connectivity index (χ1) is 15.1. The Morgan fingerprint density at radius 3 is 2.59 bits per heavy atom. The molecule has 0 saturated heterocycles. The highest BCUT2D eigenvalue weighted by atomic mass is 16.5. The SMILES string of the molecule is COC(=O)CC[C@@H](C)C1CCC2C3CC[C@@H]4C[C@H](OC(C)=O)CC[C@]4(C)C3=CC(C)[C@@]21C. The summed E-state index contributed by atoms with van der Waals surface area (Å²) in [6, 6.07) is 0. The van der Waals surface area contributed by atoms with E-state index in [4.69, 9.17) is 9.47 Å². The van der Waals surface area contributed by atoms with E-state index in [1.165, 1.54) is 32.8 Å². The summed E-state index contributed by atoms with van der Waals surface area (Å²) in [4.78, 5) is 23.2. The Hall–Kier alpha value is -1.32. The van der Waals surface area contributed by atoms with Gasteiger partial charge in [-0.1, -0.05) is 39.3 Å². The van der Waals surface area contributed by atoms with Crippen molar-refractivity contribution in [2.24, 2.45) is 46.3 Å². The summed E-state index contributed by atoms with van der Waals surface area (Å²) >= 11 is 0. The third kappa shape index (κ3) is 3.84. The minimum atomic E-state index is -0.133. The van der Waals surface area contributed by atoms with Crippen molar-refractivity contribution in [3.05, 3.63) is 11.6 Å². The zero-order valence-electron chi connectivity index (χ0n) is 21.1. The number of fused-ring (bicyclic) bond motifs is 5. The van der Waals surface area contributed by atoms with E-state index in [1.807, 2.05) is 0 Å². The molecule has 0 spiro atoms. The first kappa shape index (κ1) is 23.8. The highest BCUT2D eigenvalue weighted by Crippen LogP contribution is 2.67. The van der Waals surface area contributed by atoms with Gasteiger partial charge in [-0.05, 0) is 97.7 Å². The Labute approximate surface area is 194 Å². The highest BCUT2D eigenvalue weighted by Gasteiger charge is 2.60. The van der Waals surface area contributed by atoms with E-state index < -0.39 is 0 Å². The van der Waals surface area contributed by atoms with Crippen molar-refractivity contribution >= 4 is 11.9 Å². The molecule has 4 heteroatoms. The van der Waals surface area contributed by atoms with Crippen LogP contribution in [0.3, 0.4) is 0 Å². The van der Waals surface area contributed by atoms with Crippen molar-refractivity contribution in [1.82, 2.24) is 0 Å². The molecule has 4 nitrogen and oxygen atoms in total. The Balaban J connectivity index is 1.55. The van der Waals surface area contributed by atoms with Gasteiger partial charge < -0.3 is 9.47 Å². The Morgan fingerprint density at radius 2 is 1.91 bits per heavy atom. The molecule has 0 aliphatic heterocycles. The maximum absolute atomic E-state index is 11.7. The Kier molecular flexibility index (Phi) is 6.55. The number of carbonyl (C=O) groups excluding carboxylic acids is 2. The smallest absolute Gasteiger partial charge is 0.305 e. The van der Waals surface area contributed by atoms with E-state index in [2.05, 4.69) is 33.8 Å². The lowest BCUT2D eigenvalue weighted by atomic mass is 9.46. The molecule has 4 aliphatic rings. The second-order valence-electron chi connectivity index (χ2n) is 12.0. The number of allylic oxidation sites excluding steroid dienone is 2. The van der Waals surface area contributed by atoms with E-state index in [9.17, 15) is 9.59 Å². The number of esters is 2. The third-order valence-electron chi connectivity index (χ3n) is 10.7. The molecule has 4 rings (SSSR count). The van der Waals surface area contributed by atoms with Gasteiger partial charge in [0.1, 0.15) is 6.10 Å². The molecule has 0 aromatic heterocycles. The zero-order valence-corrected chi connectivity index (χ0v) is 21.1. The van der Waals surface area contributed by atoms with Gasteiger partial charge in [0, 0.05) is 13.3 Å². The van der Waals surface area contributed by atoms with E-state index >= 15 is 0 Å². The second-order valence-corrected chi connectivity index (χ2v) is 12.0. The van der Waals surface area contributed by atoms with E-state index in [-0.39, 0.29) is 23.5 Å². The molecule has 0 heterocycles. The number of hydrogen-bond donors (Lipinski definition) is 0. The molecule has 9 atom stereocenters. The van der Waals surface area contributed by atoms with Crippen molar-refractivity contribution in [2.45, 2.75) is 98.5 Å². The van der Waals surface area contributed by atoms with Gasteiger partial charge in [0.2, 0.25) is 0 Å². The van der Waals surface area contributed by atoms with Crippen molar-refractivity contribution < 1.29 is 19.1 Å². The first-order valence-corrected chi connectivity index (χ1v) is 13.1. The normalized spacial score (nSPS) is 43.9. The molecule has 32 heavy (non-hydrogen) atoms. The summed E-state index contributed by atoms with van der Waals surface area (Å²) in [5.74, 6) is 3.68. The molecule has 3 saturated carbocycles. The van der Waals surface area contributed by atoms with Gasteiger partial charge in [0.05, 0.1) is 7.11 Å². The molecule has 0 bridgehead atoms. The summed E-state index contributed by atoms with van der Waals surface area (Å²) in [7, 11) is 1.49. The largest absolute Gasteiger partial charge is 0.469 e. The van der Waals surface area contributed by atoms with E-state index in [0.717, 1.165) is 31.6 Å². The van der Waals surface area contributed by atoms with Gasteiger partial charge in [-0.25, -0.2) is 0 Å². The lowest BCUT2D eigenvalue weighted by Crippen LogP contribution is -2.51. The van der Waals surface area contributed by atoms with Crippen LogP contribution in [0.25, 0.3) is 0 Å². The van der Waals surface area contributed by atoms with Gasteiger partial charge in [-0.15, -0.1) is 0 Å². The predicted molar refractivity (Wildman–Crippen MR) is 126 cm³/mol. The fourth-order valence-electron chi connectivity index (χ4n) is 8.77. The Bertz CT molecular complexity index is 771. The van der Waals surface area contributed by atoms with Crippen LogP contribution in [0, 0.1) is 46.3 Å². The maximum atomic E-state index is 11.7. The van der Waals surface area contributed by atoms with Crippen molar-refractivity contribution in [2.75, 3.05) is 7.11 Å². The summed E-state index contributed by atoms with van der Waals surface area (Å²) in [6.45, 7) is 11.4. The molecule has 0 N–H and O–H groups in total. The van der Waals surface area contributed by atoms with Gasteiger partial charge >= 0.3 is 11.9 Å². The van der Waals surface area contributed by atoms with Gasteiger partial charge in [-0.2, -0.15) is 0 Å². The van der Waals surface area contributed by atoms with Crippen LogP contribution in [0.5, 0.6) is 0 Å². The predicted octanol–water partition coefficient (Wildman–Crippen LogP) is 6.33. The minimum absolute atomic E-state index is 0.0778. The van der Waals surface area contributed by atoms with Crippen LogP contribution >= 0.6 is 0 Å². The molecule has 0 amide bonds. The molecule has 180 valence electrons. The zero-order chi connectivity index (χ0) is 23.3. The van der Waals surface area contributed by atoms with E-state index in [1.54, 1.807) is 12.5 Å². The molecule has 0 radical (unpaired) electrons. The summed E-state index contributed by atoms with van der Waals surface area (Å²) in [6.07, 6.45) is 12.6. The standard InChI is InChI=1S/C28H44O4/c1-17(7-12-26(30)31-6)23-10-11-24-22-9-8-20-16-21(32-19(3)29)13-14-27(20,4)25(22)15-18(2)28(23,24)5/h15,17-18,20-24H,7-14,16H2,1-6H3/t17-,18?,20-,21-,22?,23?,24?,27+,28-/m1/s1. The monoisotopic (exact) mass is 444 g/mol. The van der Waals surface area contributed by atoms with Crippen LogP contribution < -0.4 is 0 Å². The summed E-state index contributed by atoms with van der Waals surface area (Å²) < 4.78 is 10.5. The van der Waals surface area contributed by atoms with Crippen LogP contribution in [0.4, 0.5) is 0 Å². The van der Waals surface area contributed by atoms with Crippen molar-refractivity contribution in [1.29, 1.82) is 0 Å². The van der Waals surface area contributed by atoms with Gasteiger partial charge in [0.25, 0.3) is 0 Å². The van der Waals surface area contributed by atoms with Gasteiger partial charge in [-0.3, -0.25) is 9.59 Å². The van der Waals surface area contributed by atoms with Crippen LogP contribution in [-0.4, -0.2) is 25.2 Å². The highest BCUT2D eigenvalue weighted by molar-refractivity contribution is 5.69. The molecule has 3 fully saturated rings. The second kappa shape index (κ2) is 8.80. The van der Waals surface area contributed by atoms with Crippen molar-refractivity contribution in [3.63, 3.8) is 0 Å². The first-order valence-electron chi connectivity index (χ1n) is 13.1.